The molecule has 3 aromatic rings. The molecule has 4 nitrogen and oxygen atoms in total. The van der Waals surface area contributed by atoms with E-state index in [2.05, 4.69) is 15.6 Å². The zero-order chi connectivity index (χ0) is 18.5. The molecule has 0 fully saturated rings. The predicted octanol–water partition coefficient (Wildman–Crippen LogP) is 4.65. The topological polar surface area (TPSA) is 54.0 Å². The molecule has 1 aliphatic heterocycles. The number of thiophene rings is 1. The SMILES string of the molecule is CC(=O)Nc1sc2c(c1-c1nc3cc(C(F)(F)F)ccc3s1)CCNC2. The van der Waals surface area contributed by atoms with E-state index in [1.165, 1.54) is 35.7 Å². The summed E-state index contributed by atoms with van der Waals surface area (Å²) in [7, 11) is 0. The van der Waals surface area contributed by atoms with Crippen LogP contribution < -0.4 is 10.6 Å². The van der Waals surface area contributed by atoms with Crippen molar-refractivity contribution >= 4 is 43.8 Å². The smallest absolute Gasteiger partial charge is 0.317 e. The summed E-state index contributed by atoms with van der Waals surface area (Å²) in [5, 5.41) is 7.49. The molecule has 0 radical (unpaired) electrons. The fraction of sp³-hybridized carbons (Fsp3) is 0.294. The Morgan fingerprint density at radius 2 is 2.12 bits per heavy atom. The Morgan fingerprint density at radius 1 is 1.31 bits per heavy atom. The van der Waals surface area contributed by atoms with Gasteiger partial charge in [-0.1, -0.05) is 0 Å². The predicted molar refractivity (Wildman–Crippen MR) is 97.6 cm³/mol. The van der Waals surface area contributed by atoms with Crippen molar-refractivity contribution in [2.45, 2.75) is 26.1 Å². The van der Waals surface area contributed by atoms with E-state index in [1.54, 1.807) is 0 Å². The maximum absolute atomic E-state index is 13.0. The van der Waals surface area contributed by atoms with Gasteiger partial charge in [-0.05, 0) is 36.7 Å². The molecule has 1 amide bonds. The summed E-state index contributed by atoms with van der Waals surface area (Å²) in [6.07, 6.45) is -3.60. The van der Waals surface area contributed by atoms with E-state index in [0.29, 0.717) is 20.2 Å². The molecule has 1 aromatic carbocycles. The van der Waals surface area contributed by atoms with E-state index in [1.807, 2.05) is 0 Å². The van der Waals surface area contributed by atoms with Crippen molar-refractivity contribution in [3.63, 3.8) is 0 Å². The number of fused-ring (bicyclic) bond motifs is 2. The molecule has 2 N–H and O–H groups in total. The lowest BCUT2D eigenvalue weighted by Gasteiger charge is -2.13. The van der Waals surface area contributed by atoms with Crippen LogP contribution in [0.3, 0.4) is 0 Å². The zero-order valence-electron chi connectivity index (χ0n) is 13.7. The fourth-order valence-corrected chi connectivity index (χ4v) is 5.37. The van der Waals surface area contributed by atoms with Crippen LogP contribution in [0.5, 0.6) is 0 Å². The normalized spacial score (nSPS) is 14.5. The molecular weight excluding hydrogens is 383 g/mol. The molecule has 0 bridgehead atoms. The molecule has 0 unspecified atom stereocenters. The molecule has 0 spiro atoms. The molecular formula is C17H14F3N3OS2. The van der Waals surface area contributed by atoms with E-state index in [0.717, 1.165) is 47.6 Å². The Balaban J connectivity index is 1.86. The fourth-order valence-electron chi connectivity index (χ4n) is 3.02. The highest BCUT2D eigenvalue weighted by Gasteiger charge is 2.31. The van der Waals surface area contributed by atoms with E-state index in [4.69, 9.17) is 0 Å². The highest BCUT2D eigenvalue weighted by molar-refractivity contribution is 7.22. The van der Waals surface area contributed by atoms with Crippen molar-refractivity contribution in [3.05, 3.63) is 34.2 Å². The van der Waals surface area contributed by atoms with Crippen LogP contribution in [0.25, 0.3) is 20.8 Å². The molecule has 0 atom stereocenters. The number of nitrogens with one attached hydrogen (secondary N) is 2. The van der Waals surface area contributed by atoms with E-state index < -0.39 is 11.7 Å². The van der Waals surface area contributed by atoms with Crippen LogP contribution in [0, 0.1) is 0 Å². The largest absolute Gasteiger partial charge is 0.416 e. The second-order valence-electron chi connectivity index (χ2n) is 6.02. The minimum atomic E-state index is -4.40. The van der Waals surface area contributed by atoms with Gasteiger partial charge in [0.2, 0.25) is 5.91 Å². The van der Waals surface area contributed by atoms with Gasteiger partial charge < -0.3 is 10.6 Å². The van der Waals surface area contributed by atoms with Crippen molar-refractivity contribution in [1.29, 1.82) is 0 Å². The van der Waals surface area contributed by atoms with Crippen LogP contribution in [0.4, 0.5) is 18.2 Å². The number of carbonyl (C=O) groups is 1. The number of anilines is 1. The van der Waals surface area contributed by atoms with Crippen LogP contribution in [0.15, 0.2) is 18.2 Å². The third kappa shape index (κ3) is 3.10. The summed E-state index contributed by atoms with van der Waals surface area (Å²) in [5.41, 5.74) is 1.58. The van der Waals surface area contributed by atoms with Gasteiger partial charge in [-0.15, -0.1) is 22.7 Å². The van der Waals surface area contributed by atoms with Crippen molar-refractivity contribution in [2.24, 2.45) is 0 Å². The number of halogens is 3. The zero-order valence-corrected chi connectivity index (χ0v) is 15.3. The first-order valence-electron chi connectivity index (χ1n) is 7.94. The first-order chi connectivity index (χ1) is 12.3. The van der Waals surface area contributed by atoms with Gasteiger partial charge in [-0.3, -0.25) is 4.79 Å². The van der Waals surface area contributed by atoms with Crippen LogP contribution >= 0.6 is 22.7 Å². The molecule has 0 saturated heterocycles. The monoisotopic (exact) mass is 397 g/mol. The first-order valence-corrected chi connectivity index (χ1v) is 9.57. The van der Waals surface area contributed by atoms with E-state index in [9.17, 15) is 18.0 Å². The maximum Gasteiger partial charge on any atom is 0.416 e. The molecule has 9 heteroatoms. The van der Waals surface area contributed by atoms with Crippen molar-refractivity contribution in [2.75, 3.05) is 11.9 Å². The Morgan fingerprint density at radius 3 is 2.85 bits per heavy atom. The third-order valence-corrected chi connectivity index (χ3v) is 6.35. The van der Waals surface area contributed by atoms with Gasteiger partial charge in [-0.25, -0.2) is 4.98 Å². The van der Waals surface area contributed by atoms with Gasteiger partial charge in [0, 0.05) is 23.9 Å². The molecule has 136 valence electrons. The quantitative estimate of drug-likeness (QED) is 0.662. The number of hydrogen-bond acceptors (Lipinski definition) is 5. The van der Waals surface area contributed by atoms with Crippen molar-refractivity contribution in [1.82, 2.24) is 10.3 Å². The highest BCUT2D eigenvalue weighted by Crippen LogP contribution is 2.45. The van der Waals surface area contributed by atoms with Gasteiger partial charge in [-0.2, -0.15) is 13.2 Å². The number of aromatic nitrogens is 1. The van der Waals surface area contributed by atoms with Crippen LogP contribution in [-0.4, -0.2) is 17.4 Å². The number of rotatable bonds is 2. The lowest BCUT2D eigenvalue weighted by atomic mass is 10.0. The number of carbonyl (C=O) groups excluding carboxylic acids is 1. The average molecular weight is 397 g/mol. The second kappa shape index (κ2) is 6.33. The summed E-state index contributed by atoms with van der Waals surface area (Å²) in [6.45, 7) is 2.98. The molecule has 0 saturated carbocycles. The summed E-state index contributed by atoms with van der Waals surface area (Å²) < 4.78 is 39.5. The minimum absolute atomic E-state index is 0.182. The number of nitrogens with zero attached hydrogens (tertiary/aromatic N) is 1. The Bertz CT molecular complexity index is 1010. The van der Waals surface area contributed by atoms with Gasteiger partial charge in [0.1, 0.15) is 10.0 Å². The van der Waals surface area contributed by atoms with Gasteiger partial charge in [0.25, 0.3) is 0 Å². The lowest BCUT2D eigenvalue weighted by molar-refractivity contribution is -0.137. The number of hydrogen-bond donors (Lipinski definition) is 2. The highest BCUT2D eigenvalue weighted by atomic mass is 32.1. The van der Waals surface area contributed by atoms with Crippen LogP contribution in [0.1, 0.15) is 22.9 Å². The van der Waals surface area contributed by atoms with E-state index >= 15 is 0 Å². The second-order valence-corrected chi connectivity index (χ2v) is 8.15. The molecule has 1 aliphatic rings. The average Bonchev–Trinajstić information content (AvgIpc) is 3.12. The Hall–Kier alpha value is -1.97. The molecule has 2 aromatic heterocycles. The summed E-state index contributed by atoms with van der Waals surface area (Å²) >= 11 is 2.84. The summed E-state index contributed by atoms with van der Waals surface area (Å²) in [4.78, 5) is 17.2. The number of amides is 1. The Kier molecular flexibility index (Phi) is 4.25. The number of thiazole rings is 1. The van der Waals surface area contributed by atoms with Crippen molar-refractivity contribution < 1.29 is 18.0 Å². The third-order valence-electron chi connectivity index (χ3n) is 4.15. The molecule has 3 heterocycles. The maximum atomic E-state index is 13.0. The van der Waals surface area contributed by atoms with Gasteiger partial charge >= 0.3 is 6.18 Å². The minimum Gasteiger partial charge on any atom is -0.317 e. The molecule has 0 aliphatic carbocycles. The molecule has 26 heavy (non-hydrogen) atoms. The number of benzene rings is 1. The van der Waals surface area contributed by atoms with Gasteiger partial charge in [0.15, 0.2) is 0 Å². The van der Waals surface area contributed by atoms with Crippen LogP contribution in [-0.2, 0) is 23.9 Å². The summed E-state index contributed by atoms with van der Waals surface area (Å²) in [5.74, 6) is -0.182. The van der Waals surface area contributed by atoms with Crippen LogP contribution in [0.2, 0.25) is 0 Å². The number of alkyl halides is 3. The molecule has 4 rings (SSSR count). The van der Waals surface area contributed by atoms with E-state index in [-0.39, 0.29) is 5.91 Å². The van der Waals surface area contributed by atoms with Crippen molar-refractivity contribution in [3.8, 4) is 10.6 Å². The standard InChI is InChI=1S/C17H14F3N3OS2/c1-8(24)22-15-14(10-4-5-21-7-13(10)26-15)16-23-11-6-9(17(18,19)20)2-3-12(11)25-16/h2-3,6,21H,4-5,7H2,1H3,(H,22,24). The summed E-state index contributed by atoms with van der Waals surface area (Å²) in [6, 6.07) is 3.61. The lowest BCUT2D eigenvalue weighted by Crippen LogP contribution is -2.22. The first kappa shape index (κ1) is 17.4. The van der Waals surface area contributed by atoms with Gasteiger partial charge in [0.05, 0.1) is 15.8 Å². The Labute approximate surface area is 155 Å².